The zero-order valence-corrected chi connectivity index (χ0v) is 19.2. The molecule has 3 aromatic rings. The van der Waals surface area contributed by atoms with E-state index in [4.69, 9.17) is 11.6 Å². The number of hydrogen-bond donors (Lipinski definition) is 2. The van der Waals surface area contributed by atoms with E-state index in [1.807, 2.05) is 6.92 Å². The Labute approximate surface area is 191 Å². The highest BCUT2D eigenvalue weighted by Crippen LogP contribution is 2.24. The summed E-state index contributed by atoms with van der Waals surface area (Å²) in [6.07, 6.45) is 0. The highest BCUT2D eigenvalue weighted by Gasteiger charge is 2.20. The molecule has 0 saturated carbocycles. The van der Waals surface area contributed by atoms with Crippen molar-refractivity contribution in [3.63, 3.8) is 0 Å². The number of anilines is 2. The SMILES string of the molecule is COC(=O)c1cc(NC(=O)c2ccc(C)c(S(=O)(=O)Nc3ccc(C)cc3)c2)ccc1Cl. The number of methoxy groups -OCH3 is 1. The van der Waals surface area contributed by atoms with E-state index in [0.717, 1.165) is 5.56 Å². The number of sulfonamides is 1. The quantitative estimate of drug-likeness (QED) is 0.502. The number of carbonyl (C=O) groups is 2. The van der Waals surface area contributed by atoms with Crippen LogP contribution in [0.1, 0.15) is 31.8 Å². The van der Waals surface area contributed by atoms with Crippen molar-refractivity contribution < 1.29 is 22.7 Å². The van der Waals surface area contributed by atoms with Gasteiger partial charge in [-0.15, -0.1) is 0 Å². The molecule has 0 radical (unpaired) electrons. The average molecular weight is 473 g/mol. The summed E-state index contributed by atoms with van der Waals surface area (Å²) in [5.74, 6) is -1.19. The van der Waals surface area contributed by atoms with Crippen LogP contribution in [0, 0.1) is 13.8 Å². The van der Waals surface area contributed by atoms with E-state index in [2.05, 4.69) is 14.8 Å². The van der Waals surface area contributed by atoms with Gasteiger partial charge in [0.25, 0.3) is 15.9 Å². The number of hydrogen-bond acceptors (Lipinski definition) is 5. The maximum absolute atomic E-state index is 12.9. The number of benzene rings is 3. The molecule has 3 rings (SSSR count). The molecule has 3 aromatic carbocycles. The standard InChI is InChI=1S/C23H21ClN2O5S/c1-14-4-8-17(9-5-14)26-32(29,30)21-12-16(7-6-15(21)2)22(27)25-18-10-11-20(24)19(13-18)23(28)31-3/h4-13,26H,1-3H3,(H,25,27). The fourth-order valence-corrected chi connectivity index (χ4v) is 4.46. The lowest BCUT2D eigenvalue weighted by atomic mass is 10.1. The number of amides is 1. The Kier molecular flexibility index (Phi) is 6.86. The Hall–Kier alpha value is -3.36. The summed E-state index contributed by atoms with van der Waals surface area (Å²) in [5, 5.41) is 2.82. The third kappa shape index (κ3) is 5.27. The minimum Gasteiger partial charge on any atom is -0.465 e. The second-order valence-corrected chi connectivity index (χ2v) is 9.15. The lowest BCUT2D eigenvalue weighted by molar-refractivity contribution is 0.0600. The van der Waals surface area contributed by atoms with E-state index in [1.54, 1.807) is 37.3 Å². The lowest BCUT2D eigenvalue weighted by Crippen LogP contribution is -2.17. The van der Waals surface area contributed by atoms with Crippen LogP contribution in [-0.4, -0.2) is 27.4 Å². The minimum atomic E-state index is -3.92. The summed E-state index contributed by atoms with van der Waals surface area (Å²) in [7, 11) is -2.70. The van der Waals surface area contributed by atoms with Crippen LogP contribution in [0.3, 0.4) is 0 Å². The van der Waals surface area contributed by atoms with Crippen molar-refractivity contribution in [1.29, 1.82) is 0 Å². The molecule has 0 aliphatic heterocycles. The van der Waals surface area contributed by atoms with Crippen LogP contribution in [0.4, 0.5) is 11.4 Å². The van der Waals surface area contributed by atoms with E-state index < -0.39 is 21.9 Å². The molecule has 0 aliphatic carbocycles. The van der Waals surface area contributed by atoms with Crippen LogP contribution in [0.25, 0.3) is 0 Å². The Morgan fingerprint density at radius 1 is 0.906 bits per heavy atom. The summed E-state index contributed by atoms with van der Waals surface area (Å²) in [4.78, 5) is 24.6. The van der Waals surface area contributed by atoms with E-state index in [9.17, 15) is 18.0 Å². The van der Waals surface area contributed by atoms with Crippen LogP contribution in [0.15, 0.2) is 65.6 Å². The fourth-order valence-electron chi connectivity index (χ4n) is 2.94. The Morgan fingerprint density at radius 3 is 2.22 bits per heavy atom. The molecule has 0 heterocycles. The molecule has 0 atom stereocenters. The van der Waals surface area contributed by atoms with Crippen LogP contribution in [0.2, 0.25) is 5.02 Å². The van der Waals surface area contributed by atoms with Crippen molar-refractivity contribution >= 4 is 44.9 Å². The van der Waals surface area contributed by atoms with E-state index in [0.29, 0.717) is 16.9 Å². The minimum absolute atomic E-state index is 0.0166. The van der Waals surface area contributed by atoms with Crippen molar-refractivity contribution in [2.45, 2.75) is 18.7 Å². The molecule has 0 spiro atoms. The van der Waals surface area contributed by atoms with Crippen molar-refractivity contribution in [1.82, 2.24) is 0 Å². The zero-order valence-electron chi connectivity index (χ0n) is 17.6. The van der Waals surface area contributed by atoms with Gasteiger partial charge in [0.2, 0.25) is 0 Å². The molecular weight excluding hydrogens is 452 g/mol. The molecule has 0 fully saturated rings. The molecule has 0 aromatic heterocycles. The number of carbonyl (C=O) groups excluding carboxylic acids is 2. The molecule has 0 bridgehead atoms. The fraction of sp³-hybridized carbons (Fsp3) is 0.130. The molecule has 7 nitrogen and oxygen atoms in total. The monoisotopic (exact) mass is 472 g/mol. The summed E-state index contributed by atoms with van der Waals surface area (Å²) in [5.41, 5.74) is 2.45. The first-order chi connectivity index (χ1) is 15.1. The van der Waals surface area contributed by atoms with Gasteiger partial charge in [-0.05, 0) is 61.9 Å². The van der Waals surface area contributed by atoms with Crippen molar-refractivity contribution in [3.05, 3.63) is 87.9 Å². The largest absolute Gasteiger partial charge is 0.465 e. The molecule has 32 heavy (non-hydrogen) atoms. The van der Waals surface area contributed by atoms with Gasteiger partial charge in [0.05, 0.1) is 22.6 Å². The first-order valence-electron chi connectivity index (χ1n) is 9.50. The average Bonchev–Trinajstić information content (AvgIpc) is 2.76. The van der Waals surface area contributed by atoms with E-state index >= 15 is 0 Å². The molecule has 0 unspecified atom stereocenters. The van der Waals surface area contributed by atoms with Gasteiger partial charge in [-0.2, -0.15) is 0 Å². The Morgan fingerprint density at radius 2 is 1.56 bits per heavy atom. The van der Waals surface area contributed by atoms with Crippen molar-refractivity contribution in [2.24, 2.45) is 0 Å². The van der Waals surface area contributed by atoms with Gasteiger partial charge in [0, 0.05) is 16.9 Å². The van der Waals surface area contributed by atoms with Crippen LogP contribution >= 0.6 is 11.6 Å². The first-order valence-corrected chi connectivity index (χ1v) is 11.4. The van der Waals surface area contributed by atoms with Crippen LogP contribution < -0.4 is 10.0 Å². The lowest BCUT2D eigenvalue weighted by Gasteiger charge is -2.13. The summed E-state index contributed by atoms with van der Waals surface area (Å²) >= 11 is 6.00. The summed E-state index contributed by atoms with van der Waals surface area (Å²) in [6, 6.07) is 15.7. The number of aryl methyl sites for hydroxylation is 2. The van der Waals surface area contributed by atoms with Gasteiger partial charge in [-0.1, -0.05) is 35.4 Å². The third-order valence-electron chi connectivity index (χ3n) is 4.67. The molecule has 0 aliphatic rings. The normalized spacial score (nSPS) is 11.0. The van der Waals surface area contributed by atoms with Crippen molar-refractivity contribution in [3.8, 4) is 0 Å². The summed E-state index contributed by atoms with van der Waals surface area (Å²) < 4.78 is 33.0. The Balaban J connectivity index is 1.87. The van der Waals surface area contributed by atoms with E-state index in [1.165, 1.54) is 37.4 Å². The maximum Gasteiger partial charge on any atom is 0.339 e. The maximum atomic E-state index is 12.9. The second kappa shape index (κ2) is 9.42. The topological polar surface area (TPSA) is 102 Å². The second-order valence-electron chi connectivity index (χ2n) is 7.09. The zero-order chi connectivity index (χ0) is 23.5. The van der Waals surface area contributed by atoms with Gasteiger partial charge in [-0.3, -0.25) is 9.52 Å². The molecule has 166 valence electrons. The molecular formula is C23H21ClN2O5S. The smallest absolute Gasteiger partial charge is 0.339 e. The van der Waals surface area contributed by atoms with Crippen LogP contribution in [0.5, 0.6) is 0 Å². The van der Waals surface area contributed by atoms with Gasteiger partial charge >= 0.3 is 5.97 Å². The number of ether oxygens (including phenoxy) is 1. The number of nitrogens with one attached hydrogen (secondary N) is 2. The number of esters is 1. The van der Waals surface area contributed by atoms with E-state index in [-0.39, 0.29) is 21.0 Å². The van der Waals surface area contributed by atoms with Gasteiger partial charge in [0.15, 0.2) is 0 Å². The highest BCUT2D eigenvalue weighted by atomic mass is 35.5. The molecule has 0 saturated heterocycles. The number of halogens is 1. The third-order valence-corrected chi connectivity index (χ3v) is 6.53. The molecule has 2 N–H and O–H groups in total. The molecule has 1 amide bonds. The highest BCUT2D eigenvalue weighted by molar-refractivity contribution is 7.92. The van der Waals surface area contributed by atoms with Crippen molar-refractivity contribution in [2.75, 3.05) is 17.1 Å². The predicted octanol–water partition coefficient (Wildman–Crippen LogP) is 4.80. The van der Waals surface area contributed by atoms with Crippen LogP contribution in [-0.2, 0) is 14.8 Å². The molecule has 9 heteroatoms. The van der Waals surface area contributed by atoms with Gasteiger partial charge in [-0.25, -0.2) is 13.2 Å². The predicted molar refractivity (Wildman–Crippen MR) is 124 cm³/mol. The van der Waals surface area contributed by atoms with Gasteiger partial charge < -0.3 is 10.1 Å². The first kappa shape index (κ1) is 23.3. The Bertz CT molecular complexity index is 1290. The number of rotatable bonds is 6. The van der Waals surface area contributed by atoms with Gasteiger partial charge in [0.1, 0.15) is 0 Å². The summed E-state index contributed by atoms with van der Waals surface area (Å²) in [6.45, 7) is 3.55.